The highest BCUT2D eigenvalue weighted by Gasteiger charge is 2.38. The normalized spacial score (nSPS) is 19.6. The Kier molecular flexibility index (Phi) is 2.22. The van der Waals surface area contributed by atoms with Crippen molar-refractivity contribution in [3.05, 3.63) is 34.6 Å². The van der Waals surface area contributed by atoms with Crippen molar-refractivity contribution >= 4 is 23.2 Å². The SMILES string of the molecule is Fc1ccc(C2(Cl)COC2)cc1Cl. The molecule has 1 fully saturated rings. The molecule has 0 spiro atoms. The van der Waals surface area contributed by atoms with Crippen molar-refractivity contribution in [3.8, 4) is 0 Å². The third kappa shape index (κ3) is 1.54. The summed E-state index contributed by atoms with van der Waals surface area (Å²) < 4.78 is 17.8. The molecule has 1 nitrogen and oxygen atoms in total. The lowest BCUT2D eigenvalue weighted by Crippen LogP contribution is -2.41. The van der Waals surface area contributed by atoms with Crippen molar-refractivity contribution in [1.29, 1.82) is 0 Å². The Hall–Kier alpha value is -0.310. The van der Waals surface area contributed by atoms with E-state index in [1.54, 1.807) is 12.1 Å². The van der Waals surface area contributed by atoms with Gasteiger partial charge in [-0.2, -0.15) is 0 Å². The fourth-order valence-corrected chi connectivity index (χ4v) is 1.68. The Morgan fingerprint density at radius 2 is 2.08 bits per heavy atom. The molecular weight excluding hydrogens is 214 g/mol. The van der Waals surface area contributed by atoms with Gasteiger partial charge in [-0.1, -0.05) is 17.7 Å². The van der Waals surface area contributed by atoms with E-state index in [1.807, 2.05) is 0 Å². The molecule has 1 heterocycles. The molecule has 13 heavy (non-hydrogen) atoms. The summed E-state index contributed by atoms with van der Waals surface area (Å²) in [5.41, 5.74) is 0.812. The van der Waals surface area contributed by atoms with Crippen LogP contribution in [-0.4, -0.2) is 13.2 Å². The minimum atomic E-state index is -0.503. The quantitative estimate of drug-likeness (QED) is 0.662. The smallest absolute Gasteiger partial charge is 0.141 e. The highest BCUT2D eigenvalue weighted by Crippen LogP contribution is 2.37. The van der Waals surface area contributed by atoms with E-state index in [0.717, 1.165) is 5.56 Å². The molecule has 1 aliphatic heterocycles. The average molecular weight is 221 g/mol. The lowest BCUT2D eigenvalue weighted by atomic mass is 9.96. The maximum atomic E-state index is 12.8. The van der Waals surface area contributed by atoms with Crippen LogP contribution in [-0.2, 0) is 9.61 Å². The third-order valence-corrected chi connectivity index (χ3v) is 2.82. The first-order valence-corrected chi connectivity index (χ1v) is 4.60. The second-order valence-corrected chi connectivity index (χ2v) is 4.22. The highest BCUT2D eigenvalue weighted by molar-refractivity contribution is 6.31. The van der Waals surface area contributed by atoms with E-state index in [-0.39, 0.29) is 5.02 Å². The van der Waals surface area contributed by atoms with Gasteiger partial charge in [0.1, 0.15) is 10.7 Å². The van der Waals surface area contributed by atoms with Crippen LogP contribution >= 0.6 is 23.2 Å². The van der Waals surface area contributed by atoms with Crippen LogP contribution in [0.25, 0.3) is 0 Å². The molecular formula is C9H7Cl2FO. The van der Waals surface area contributed by atoms with E-state index < -0.39 is 10.7 Å². The number of ether oxygens (including phenoxy) is 1. The summed E-state index contributed by atoms with van der Waals surface area (Å²) in [5.74, 6) is -0.425. The lowest BCUT2D eigenvalue weighted by Gasteiger charge is -2.35. The van der Waals surface area contributed by atoms with Crippen LogP contribution in [0, 0.1) is 5.82 Å². The topological polar surface area (TPSA) is 9.23 Å². The minimum absolute atomic E-state index is 0.101. The van der Waals surface area contributed by atoms with Crippen molar-refractivity contribution in [2.75, 3.05) is 13.2 Å². The molecule has 0 atom stereocenters. The minimum Gasteiger partial charge on any atom is -0.377 e. The van der Waals surface area contributed by atoms with E-state index in [0.29, 0.717) is 13.2 Å². The van der Waals surface area contributed by atoms with E-state index in [1.165, 1.54) is 6.07 Å². The predicted molar refractivity (Wildman–Crippen MR) is 49.8 cm³/mol. The summed E-state index contributed by atoms with van der Waals surface area (Å²) in [6.45, 7) is 0.910. The molecule has 4 heteroatoms. The molecule has 0 amide bonds. The van der Waals surface area contributed by atoms with Gasteiger partial charge in [0.2, 0.25) is 0 Å². The second kappa shape index (κ2) is 3.12. The predicted octanol–water partition coefficient (Wildman–Crippen LogP) is 2.94. The molecule has 0 aromatic heterocycles. The number of hydrogen-bond donors (Lipinski definition) is 0. The highest BCUT2D eigenvalue weighted by atomic mass is 35.5. The first-order chi connectivity index (χ1) is 6.12. The van der Waals surface area contributed by atoms with Gasteiger partial charge >= 0.3 is 0 Å². The number of alkyl halides is 1. The lowest BCUT2D eigenvalue weighted by molar-refractivity contribution is -0.0152. The van der Waals surface area contributed by atoms with Crippen LogP contribution in [0.4, 0.5) is 4.39 Å². The van der Waals surface area contributed by atoms with Gasteiger partial charge in [0, 0.05) is 0 Å². The van der Waals surface area contributed by atoms with Gasteiger partial charge in [0.05, 0.1) is 18.2 Å². The van der Waals surface area contributed by atoms with Crippen molar-refractivity contribution in [2.45, 2.75) is 4.87 Å². The zero-order valence-electron chi connectivity index (χ0n) is 6.69. The van der Waals surface area contributed by atoms with E-state index in [2.05, 4.69) is 0 Å². The van der Waals surface area contributed by atoms with Crippen molar-refractivity contribution in [1.82, 2.24) is 0 Å². The van der Waals surface area contributed by atoms with Crippen molar-refractivity contribution in [3.63, 3.8) is 0 Å². The largest absolute Gasteiger partial charge is 0.377 e. The van der Waals surface area contributed by atoms with Crippen molar-refractivity contribution in [2.24, 2.45) is 0 Å². The van der Waals surface area contributed by atoms with Crippen LogP contribution in [0.1, 0.15) is 5.56 Å². The number of rotatable bonds is 1. The fraction of sp³-hybridized carbons (Fsp3) is 0.333. The summed E-state index contributed by atoms with van der Waals surface area (Å²) in [5, 5.41) is 0.101. The molecule has 0 unspecified atom stereocenters. The van der Waals surface area contributed by atoms with Crippen LogP contribution in [0.5, 0.6) is 0 Å². The van der Waals surface area contributed by atoms with Gasteiger partial charge in [-0.05, 0) is 17.7 Å². The Bertz CT molecular complexity index is 336. The summed E-state index contributed by atoms with van der Waals surface area (Å²) in [4.78, 5) is -0.503. The number of benzene rings is 1. The molecule has 0 aliphatic carbocycles. The van der Waals surface area contributed by atoms with E-state index in [4.69, 9.17) is 27.9 Å². The molecule has 0 N–H and O–H groups in total. The summed E-state index contributed by atoms with van der Waals surface area (Å²) in [7, 11) is 0. The summed E-state index contributed by atoms with van der Waals surface area (Å²) in [6.07, 6.45) is 0. The zero-order valence-corrected chi connectivity index (χ0v) is 8.20. The van der Waals surface area contributed by atoms with Crippen LogP contribution in [0.15, 0.2) is 18.2 Å². The van der Waals surface area contributed by atoms with Gasteiger partial charge in [0.25, 0.3) is 0 Å². The van der Waals surface area contributed by atoms with Crippen LogP contribution in [0.2, 0.25) is 5.02 Å². The van der Waals surface area contributed by atoms with E-state index >= 15 is 0 Å². The molecule has 1 aromatic rings. The first-order valence-electron chi connectivity index (χ1n) is 3.84. The fourth-order valence-electron chi connectivity index (χ4n) is 1.22. The maximum Gasteiger partial charge on any atom is 0.141 e. The van der Waals surface area contributed by atoms with Gasteiger partial charge in [0.15, 0.2) is 0 Å². The molecule has 1 aromatic carbocycles. The maximum absolute atomic E-state index is 12.8. The Morgan fingerprint density at radius 1 is 1.38 bits per heavy atom. The first kappa shape index (κ1) is 9.25. The molecule has 2 rings (SSSR count). The summed E-state index contributed by atoms with van der Waals surface area (Å²) >= 11 is 11.8. The van der Waals surface area contributed by atoms with Gasteiger partial charge < -0.3 is 4.74 Å². The van der Waals surface area contributed by atoms with Crippen molar-refractivity contribution < 1.29 is 9.13 Å². The molecule has 1 aliphatic rings. The van der Waals surface area contributed by atoms with Gasteiger partial charge in [-0.25, -0.2) is 4.39 Å². The van der Waals surface area contributed by atoms with Crippen LogP contribution in [0.3, 0.4) is 0 Å². The molecule has 70 valence electrons. The average Bonchev–Trinajstić information content (AvgIpc) is 2.06. The molecule has 0 radical (unpaired) electrons. The number of hydrogen-bond acceptors (Lipinski definition) is 1. The number of halogens is 3. The van der Waals surface area contributed by atoms with Gasteiger partial charge in [-0.15, -0.1) is 11.6 Å². The second-order valence-electron chi connectivity index (χ2n) is 3.09. The Morgan fingerprint density at radius 3 is 2.54 bits per heavy atom. The standard InChI is InChI=1S/C9H7Cl2FO/c10-7-3-6(1-2-8(7)12)9(11)4-13-5-9/h1-3H,4-5H2. The third-order valence-electron chi connectivity index (χ3n) is 2.10. The summed E-state index contributed by atoms with van der Waals surface area (Å²) in [6, 6.07) is 4.50. The molecule has 1 saturated heterocycles. The van der Waals surface area contributed by atoms with Crippen LogP contribution < -0.4 is 0 Å². The zero-order chi connectivity index (χ0) is 9.47. The molecule has 0 saturated carbocycles. The van der Waals surface area contributed by atoms with E-state index in [9.17, 15) is 4.39 Å². The monoisotopic (exact) mass is 220 g/mol. The Labute approximate surface area is 85.4 Å². The molecule has 0 bridgehead atoms. The van der Waals surface area contributed by atoms with Gasteiger partial charge in [-0.3, -0.25) is 0 Å². The Balaban J connectivity index is 2.36.